The van der Waals surface area contributed by atoms with Crippen LogP contribution >= 0.6 is 0 Å². The Morgan fingerprint density at radius 1 is 0.444 bits per heavy atom. The van der Waals surface area contributed by atoms with E-state index in [9.17, 15) is 10.5 Å². The zero-order valence-corrected chi connectivity index (χ0v) is 29.0. The predicted octanol–water partition coefficient (Wildman–Crippen LogP) is 11.7. The van der Waals surface area contributed by atoms with Crippen molar-refractivity contribution in [3.63, 3.8) is 0 Å². The summed E-state index contributed by atoms with van der Waals surface area (Å²) in [6.45, 7) is 0. The first-order valence-corrected chi connectivity index (χ1v) is 17.6. The molecule has 0 amide bonds. The van der Waals surface area contributed by atoms with Crippen molar-refractivity contribution in [3.05, 3.63) is 180 Å². The Kier molecular flexibility index (Phi) is 8.17. The van der Waals surface area contributed by atoms with Crippen LogP contribution in [-0.4, -0.2) is 19.9 Å². The highest BCUT2D eigenvalue weighted by Crippen LogP contribution is 2.40. The average molecular weight is 691 g/mol. The third-order valence-corrected chi connectivity index (χ3v) is 9.68. The van der Waals surface area contributed by atoms with Crippen molar-refractivity contribution in [1.29, 1.82) is 10.5 Å². The second kappa shape index (κ2) is 13.7. The number of hydrogen-bond acceptors (Lipinski definition) is 4. The van der Waals surface area contributed by atoms with Gasteiger partial charge in [-0.05, 0) is 70.8 Å². The van der Waals surface area contributed by atoms with Crippen molar-refractivity contribution in [2.75, 3.05) is 0 Å². The van der Waals surface area contributed by atoms with Crippen molar-refractivity contribution < 1.29 is 0 Å². The Hall–Kier alpha value is -7.80. The third kappa shape index (κ3) is 5.81. The van der Waals surface area contributed by atoms with E-state index in [1.54, 1.807) is 6.08 Å². The number of allylic oxidation sites excluding steroid dienone is 3. The maximum atomic E-state index is 9.92. The van der Waals surface area contributed by atoms with E-state index in [4.69, 9.17) is 9.97 Å². The van der Waals surface area contributed by atoms with Crippen LogP contribution in [0.1, 0.15) is 22.8 Å². The van der Waals surface area contributed by atoms with Gasteiger partial charge in [0.15, 0.2) is 0 Å². The number of hydrogen-bond donors (Lipinski definition) is 2. The van der Waals surface area contributed by atoms with Crippen LogP contribution in [0.5, 0.6) is 0 Å². The monoisotopic (exact) mass is 690 g/mol. The van der Waals surface area contributed by atoms with Crippen molar-refractivity contribution in [1.82, 2.24) is 19.9 Å². The number of aromatic nitrogens is 4. The van der Waals surface area contributed by atoms with Crippen LogP contribution in [0.2, 0.25) is 0 Å². The van der Waals surface area contributed by atoms with E-state index < -0.39 is 0 Å². The van der Waals surface area contributed by atoms with E-state index in [-0.39, 0.29) is 5.57 Å². The standard InChI is InChI=1S/C48H30N6/c49-29-31(30-50)27-36-28-43-46(34-17-9-3-10-18-34)41-24-23-39(52-41)44(32-13-5-1-6-14-32)37-21-22-38(51-37)45(33-15-7-2-8-16-33)40-25-26-42(53-40)47(48(36)54-43)35-19-11-4-12-20-35/h1-28,52-53H. The van der Waals surface area contributed by atoms with Gasteiger partial charge in [-0.15, -0.1) is 0 Å². The molecule has 6 nitrogen and oxygen atoms in total. The summed E-state index contributed by atoms with van der Waals surface area (Å²) in [6.07, 6.45) is 7.79. The van der Waals surface area contributed by atoms with Gasteiger partial charge in [0, 0.05) is 49.9 Å². The van der Waals surface area contributed by atoms with Gasteiger partial charge in [0.1, 0.15) is 17.7 Å². The number of fused-ring (bicyclic) bond motifs is 8. The molecular formula is C48H30N6. The van der Waals surface area contributed by atoms with Gasteiger partial charge >= 0.3 is 0 Å². The number of nitriles is 2. The maximum absolute atomic E-state index is 9.92. The molecule has 0 saturated carbocycles. The number of aromatic amines is 2. The van der Waals surface area contributed by atoms with Gasteiger partial charge in [-0.3, -0.25) is 0 Å². The second-order valence-electron chi connectivity index (χ2n) is 13.0. The topological polar surface area (TPSA) is 105 Å². The number of benzene rings is 4. The second-order valence-corrected chi connectivity index (χ2v) is 13.0. The molecule has 6 heteroatoms. The van der Waals surface area contributed by atoms with E-state index in [0.717, 1.165) is 78.0 Å². The number of rotatable bonds is 5. The fourth-order valence-electron chi connectivity index (χ4n) is 7.29. The Labute approximate surface area is 312 Å². The molecule has 7 aromatic rings. The van der Waals surface area contributed by atoms with Crippen molar-refractivity contribution >= 4 is 45.9 Å². The molecule has 2 aliphatic rings. The SMILES string of the molecule is N#CC(C#N)=CC1=Cc2nc1c(-c1ccccc1)c1ccc([nH]1)c(-c1ccccc1)c1nc(c(-c3ccccc3)c3ccc([nH]3)c2-c2ccccc2)C=C1. The van der Waals surface area contributed by atoms with Gasteiger partial charge in [0.25, 0.3) is 0 Å². The van der Waals surface area contributed by atoms with Gasteiger partial charge in [0.05, 0.1) is 22.8 Å². The van der Waals surface area contributed by atoms with Gasteiger partial charge in [0.2, 0.25) is 0 Å². The molecular weight excluding hydrogens is 661 g/mol. The van der Waals surface area contributed by atoms with E-state index in [2.05, 4.69) is 107 Å². The largest absolute Gasteiger partial charge is 0.354 e. The van der Waals surface area contributed by atoms with E-state index >= 15 is 0 Å². The highest BCUT2D eigenvalue weighted by molar-refractivity contribution is 6.04. The Balaban J connectivity index is 1.52. The molecule has 3 aromatic heterocycles. The van der Waals surface area contributed by atoms with Crippen LogP contribution in [0.25, 0.3) is 90.4 Å². The minimum atomic E-state index is -0.0104. The maximum Gasteiger partial charge on any atom is 0.130 e. The molecule has 0 radical (unpaired) electrons. The summed E-state index contributed by atoms with van der Waals surface area (Å²) in [5, 5.41) is 19.8. The normalized spacial score (nSPS) is 11.7. The summed E-state index contributed by atoms with van der Waals surface area (Å²) in [6, 6.07) is 53.3. The molecule has 0 atom stereocenters. The summed E-state index contributed by atoms with van der Waals surface area (Å²) >= 11 is 0. The molecule has 0 unspecified atom stereocenters. The minimum absolute atomic E-state index is 0.0104. The molecule has 0 fully saturated rings. The van der Waals surface area contributed by atoms with Gasteiger partial charge in [-0.1, -0.05) is 121 Å². The van der Waals surface area contributed by atoms with Crippen molar-refractivity contribution in [2.24, 2.45) is 0 Å². The Morgan fingerprint density at radius 2 is 0.815 bits per heavy atom. The third-order valence-electron chi connectivity index (χ3n) is 9.68. The van der Waals surface area contributed by atoms with Gasteiger partial charge < -0.3 is 9.97 Å². The van der Waals surface area contributed by atoms with E-state index in [1.165, 1.54) is 0 Å². The molecule has 8 bridgehead atoms. The molecule has 252 valence electrons. The minimum Gasteiger partial charge on any atom is -0.354 e. The molecule has 0 spiro atoms. The molecule has 2 aliphatic heterocycles. The smallest absolute Gasteiger partial charge is 0.130 e. The lowest BCUT2D eigenvalue weighted by atomic mass is 9.98. The number of H-pyrrole nitrogens is 2. The molecule has 9 rings (SSSR count). The van der Waals surface area contributed by atoms with Crippen LogP contribution < -0.4 is 0 Å². The summed E-state index contributed by atoms with van der Waals surface area (Å²) in [7, 11) is 0. The Bertz CT molecular complexity index is 2900. The Morgan fingerprint density at radius 3 is 1.22 bits per heavy atom. The summed E-state index contributed by atoms with van der Waals surface area (Å²) in [5.41, 5.74) is 14.8. The lowest BCUT2D eigenvalue weighted by Gasteiger charge is -2.07. The zero-order chi connectivity index (χ0) is 36.4. The lowest BCUT2D eigenvalue weighted by molar-refractivity contribution is 1.30. The van der Waals surface area contributed by atoms with Crippen LogP contribution in [0.3, 0.4) is 0 Å². The zero-order valence-electron chi connectivity index (χ0n) is 29.0. The fourth-order valence-corrected chi connectivity index (χ4v) is 7.29. The lowest BCUT2D eigenvalue weighted by Crippen LogP contribution is -1.91. The fraction of sp³-hybridized carbons (Fsp3) is 0. The molecule has 0 saturated heterocycles. The van der Waals surface area contributed by atoms with Crippen LogP contribution in [0.15, 0.2) is 157 Å². The molecule has 4 aromatic carbocycles. The molecule has 2 N–H and O–H groups in total. The highest BCUT2D eigenvalue weighted by atomic mass is 14.8. The van der Waals surface area contributed by atoms with Gasteiger partial charge in [-0.2, -0.15) is 10.5 Å². The van der Waals surface area contributed by atoms with Crippen LogP contribution in [0, 0.1) is 22.7 Å². The van der Waals surface area contributed by atoms with Gasteiger partial charge in [-0.25, -0.2) is 9.97 Å². The van der Waals surface area contributed by atoms with E-state index in [1.807, 2.05) is 78.9 Å². The van der Waals surface area contributed by atoms with Crippen molar-refractivity contribution in [2.45, 2.75) is 0 Å². The van der Waals surface area contributed by atoms with Crippen LogP contribution in [-0.2, 0) is 0 Å². The first-order chi connectivity index (χ1) is 26.7. The quantitative estimate of drug-likeness (QED) is 0.175. The summed E-state index contributed by atoms with van der Waals surface area (Å²) in [4.78, 5) is 18.3. The predicted molar refractivity (Wildman–Crippen MR) is 219 cm³/mol. The summed E-state index contributed by atoms with van der Waals surface area (Å²) in [5.74, 6) is 0. The number of nitrogens with zero attached hydrogens (tertiary/aromatic N) is 4. The van der Waals surface area contributed by atoms with E-state index in [0.29, 0.717) is 17.0 Å². The molecule has 5 heterocycles. The average Bonchev–Trinajstić information content (AvgIpc) is 4.06. The highest BCUT2D eigenvalue weighted by Gasteiger charge is 2.22. The first kappa shape index (κ1) is 32.1. The molecule has 54 heavy (non-hydrogen) atoms. The first-order valence-electron chi connectivity index (χ1n) is 17.6. The van der Waals surface area contributed by atoms with Crippen LogP contribution in [0.4, 0.5) is 0 Å². The van der Waals surface area contributed by atoms with Crippen molar-refractivity contribution in [3.8, 4) is 56.6 Å². The summed E-state index contributed by atoms with van der Waals surface area (Å²) < 4.78 is 0. The molecule has 0 aliphatic carbocycles. The number of nitrogens with one attached hydrogen (secondary N) is 2.